The first-order valence-corrected chi connectivity index (χ1v) is 3.95. The van der Waals surface area contributed by atoms with Crippen molar-refractivity contribution in [2.45, 2.75) is 24.9 Å². The third-order valence-electron chi connectivity index (χ3n) is 2.12. The molecule has 0 aliphatic carbocycles. The van der Waals surface area contributed by atoms with Crippen molar-refractivity contribution in [2.24, 2.45) is 0 Å². The molecule has 0 aromatic heterocycles. The lowest BCUT2D eigenvalue weighted by Gasteiger charge is -2.21. The van der Waals surface area contributed by atoms with E-state index in [4.69, 9.17) is 5.26 Å². The van der Waals surface area contributed by atoms with E-state index in [9.17, 15) is 9.59 Å². The van der Waals surface area contributed by atoms with Gasteiger partial charge in [0, 0.05) is 0 Å². The van der Waals surface area contributed by atoms with E-state index in [-0.39, 0.29) is 0 Å². The molecule has 0 saturated carbocycles. The van der Waals surface area contributed by atoms with Gasteiger partial charge in [-0.2, -0.15) is 5.26 Å². The van der Waals surface area contributed by atoms with Crippen molar-refractivity contribution in [1.29, 1.82) is 5.26 Å². The normalized spacial score (nSPS) is 26.6. The molecule has 0 bridgehead atoms. The van der Waals surface area contributed by atoms with Crippen LogP contribution in [0.5, 0.6) is 0 Å². The molecular weight excluding hydrogens is 172 g/mol. The van der Waals surface area contributed by atoms with E-state index in [1.807, 2.05) is 6.07 Å². The zero-order valence-electron chi connectivity index (χ0n) is 7.27. The lowest BCUT2D eigenvalue weighted by molar-refractivity contribution is -0.111. The van der Waals surface area contributed by atoms with E-state index < -0.39 is 18.2 Å². The van der Waals surface area contributed by atoms with Crippen molar-refractivity contribution in [3.05, 3.63) is 0 Å². The first kappa shape index (κ1) is 9.52. The van der Waals surface area contributed by atoms with Crippen molar-refractivity contribution in [3.63, 3.8) is 0 Å². The molecule has 2 unspecified atom stereocenters. The van der Waals surface area contributed by atoms with Crippen molar-refractivity contribution in [2.75, 3.05) is 7.11 Å². The molecule has 0 spiro atoms. The number of hydrogen-bond acceptors (Lipinski definition) is 4. The largest absolute Gasteiger partial charge is 0.453 e. The molecule has 2 atom stereocenters. The molecule has 0 aromatic rings. The van der Waals surface area contributed by atoms with Crippen LogP contribution in [-0.2, 0) is 9.53 Å². The van der Waals surface area contributed by atoms with Gasteiger partial charge in [-0.05, 0) is 12.8 Å². The third kappa shape index (κ3) is 1.61. The molecule has 13 heavy (non-hydrogen) atoms. The van der Waals surface area contributed by atoms with Gasteiger partial charge >= 0.3 is 6.09 Å². The molecule has 1 aliphatic rings. The van der Waals surface area contributed by atoms with Gasteiger partial charge in [-0.1, -0.05) is 0 Å². The molecule has 0 aromatic carbocycles. The minimum atomic E-state index is -0.610. The maximum atomic E-state index is 11.1. The number of carbonyl (C=O) groups excluding carboxylic acids is 2. The highest BCUT2D eigenvalue weighted by Gasteiger charge is 2.37. The summed E-state index contributed by atoms with van der Waals surface area (Å²) in [5.74, 6) is 0. The van der Waals surface area contributed by atoms with E-state index >= 15 is 0 Å². The van der Waals surface area contributed by atoms with Crippen LogP contribution in [0.25, 0.3) is 0 Å². The Morgan fingerprint density at radius 1 is 1.69 bits per heavy atom. The quantitative estimate of drug-likeness (QED) is 0.547. The highest BCUT2D eigenvalue weighted by molar-refractivity contribution is 5.75. The molecule has 5 nitrogen and oxygen atoms in total. The Labute approximate surface area is 75.9 Å². The van der Waals surface area contributed by atoms with Gasteiger partial charge in [0.15, 0.2) is 0 Å². The summed E-state index contributed by atoms with van der Waals surface area (Å²) in [7, 11) is 1.23. The van der Waals surface area contributed by atoms with Crippen LogP contribution in [0.1, 0.15) is 12.8 Å². The second-order valence-electron chi connectivity index (χ2n) is 2.80. The van der Waals surface area contributed by atoms with Gasteiger partial charge in [-0.3, -0.25) is 4.90 Å². The molecule has 0 radical (unpaired) electrons. The Morgan fingerprint density at radius 3 is 2.85 bits per heavy atom. The SMILES string of the molecule is COC(=O)N1C(C#N)CCC1C=O. The minimum Gasteiger partial charge on any atom is -0.453 e. The lowest BCUT2D eigenvalue weighted by atomic mass is 10.2. The van der Waals surface area contributed by atoms with Crippen molar-refractivity contribution in [3.8, 4) is 6.07 Å². The minimum absolute atomic E-state index is 0.503. The molecule has 1 amide bonds. The third-order valence-corrected chi connectivity index (χ3v) is 2.12. The van der Waals surface area contributed by atoms with Crippen molar-refractivity contribution >= 4 is 12.4 Å². The summed E-state index contributed by atoms with van der Waals surface area (Å²) in [6, 6.07) is 0.932. The molecule has 1 saturated heterocycles. The lowest BCUT2D eigenvalue weighted by Crippen LogP contribution is -2.41. The van der Waals surface area contributed by atoms with Crippen LogP contribution in [0.4, 0.5) is 4.79 Å². The molecule has 1 fully saturated rings. The van der Waals surface area contributed by atoms with Gasteiger partial charge in [-0.15, -0.1) is 0 Å². The Morgan fingerprint density at radius 2 is 2.38 bits per heavy atom. The standard InChI is InChI=1S/C8H10N2O3/c1-13-8(12)10-6(4-9)2-3-7(10)5-11/h5-7H,2-3H2,1H3. The number of carbonyl (C=O) groups is 2. The Hall–Kier alpha value is -1.57. The first-order chi connectivity index (χ1) is 6.24. The Bertz CT molecular complexity index is 259. The zero-order chi connectivity index (χ0) is 9.84. The number of aldehydes is 1. The number of ether oxygens (including phenoxy) is 1. The van der Waals surface area contributed by atoms with Gasteiger partial charge in [0.1, 0.15) is 12.3 Å². The fourth-order valence-electron chi connectivity index (χ4n) is 1.47. The van der Waals surface area contributed by atoms with Gasteiger partial charge < -0.3 is 9.53 Å². The van der Waals surface area contributed by atoms with E-state index in [1.54, 1.807) is 0 Å². The topological polar surface area (TPSA) is 70.4 Å². The van der Waals surface area contributed by atoms with E-state index in [0.29, 0.717) is 19.1 Å². The van der Waals surface area contributed by atoms with Gasteiger partial charge in [-0.25, -0.2) is 4.79 Å². The van der Waals surface area contributed by atoms with Gasteiger partial charge in [0.2, 0.25) is 0 Å². The number of rotatable bonds is 1. The van der Waals surface area contributed by atoms with Crippen LogP contribution in [0, 0.1) is 11.3 Å². The van der Waals surface area contributed by atoms with Crippen molar-refractivity contribution < 1.29 is 14.3 Å². The number of nitriles is 1. The maximum Gasteiger partial charge on any atom is 0.411 e. The highest BCUT2D eigenvalue weighted by Crippen LogP contribution is 2.22. The number of methoxy groups -OCH3 is 1. The molecule has 5 heteroatoms. The van der Waals surface area contributed by atoms with Crippen LogP contribution in [0.3, 0.4) is 0 Å². The number of amides is 1. The summed E-state index contributed by atoms with van der Waals surface area (Å²) >= 11 is 0. The first-order valence-electron chi connectivity index (χ1n) is 3.95. The Balaban J connectivity index is 2.80. The van der Waals surface area contributed by atoms with Crippen LogP contribution in [-0.4, -0.2) is 36.5 Å². The summed E-state index contributed by atoms with van der Waals surface area (Å²) < 4.78 is 4.48. The average molecular weight is 182 g/mol. The summed E-state index contributed by atoms with van der Waals surface area (Å²) in [5.41, 5.74) is 0. The molecular formula is C8H10N2O3. The second-order valence-corrected chi connectivity index (χ2v) is 2.80. The molecule has 1 aliphatic heterocycles. The molecule has 0 N–H and O–H groups in total. The predicted molar refractivity (Wildman–Crippen MR) is 42.7 cm³/mol. The maximum absolute atomic E-state index is 11.1. The van der Waals surface area contributed by atoms with Gasteiger partial charge in [0.25, 0.3) is 0 Å². The van der Waals surface area contributed by atoms with E-state index in [0.717, 1.165) is 0 Å². The molecule has 1 heterocycles. The monoisotopic (exact) mass is 182 g/mol. The van der Waals surface area contributed by atoms with Crippen LogP contribution in [0.2, 0.25) is 0 Å². The summed E-state index contributed by atoms with van der Waals surface area (Å²) in [4.78, 5) is 22.9. The Kier molecular flexibility index (Phi) is 2.85. The second kappa shape index (κ2) is 3.90. The van der Waals surface area contributed by atoms with Gasteiger partial charge in [0.05, 0.1) is 19.2 Å². The smallest absolute Gasteiger partial charge is 0.411 e. The fourth-order valence-corrected chi connectivity index (χ4v) is 1.47. The fraction of sp³-hybridized carbons (Fsp3) is 0.625. The number of likely N-dealkylation sites (tertiary alicyclic amines) is 1. The summed E-state index contributed by atoms with van der Waals surface area (Å²) in [6.45, 7) is 0. The van der Waals surface area contributed by atoms with Crippen molar-refractivity contribution in [1.82, 2.24) is 4.90 Å². The number of nitrogens with zero attached hydrogens (tertiary/aromatic N) is 2. The van der Waals surface area contributed by atoms with E-state index in [1.165, 1.54) is 12.0 Å². The van der Waals surface area contributed by atoms with E-state index in [2.05, 4.69) is 4.74 Å². The average Bonchev–Trinajstić information content (AvgIpc) is 2.59. The summed E-state index contributed by atoms with van der Waals surface area (Å²) in [6.07, 6.45) is 1.14. The van der Waals surface area contributed by atoms with Crippen LogP contribution in [0.15, 0.2) is 0 Å². The summed E-state index contributed by atoms with van der Waals surface area (Å²) in [5, 5.41) is 8.68. The van der Waals surface area contributed by atoms with Crippen LogP contribution >= 0.6 is 0 Å². The molecule has 1 rings (SSSR count). The predicted octanol–water partition coefficient (Wildman–Crippen LogP) is 0.308. The zero-order valence-corrected chi connectivity index (χ0v) is 7.27. The molecule has 70 valence electrons. The highest BCUT2D eigenvalue weighted by atomic mass is 16.5. The number of hydrogen-bond donors (Lipinski definition) is 0. The van der Waals surface area contributed by atoms with Crippen LogP contribution < -0.4 is 0 Å².